The highest BCUT2D eigenvalue weighted by Gasteiger charge is 2.11. The summed E-state index contributed by atoms with van der Waals surface area (Å²) in [5.41, 5.74) is 2.19. The molecule has 2 aromatic rings. The molecule has 2 rings (SSSR count). The van der Waals surface area contributed by atoms with E-state index in [1.807, 2.05) is 30.8 Å². The van der Waals surface area contributed by atoms with Crippen molar-refractivity contribution in [1.82, 2.24) is 14.8 Å². The van der Waals surface area contributed by atoms with Crippen molar-refractivity contribution in [3.05, 3.63) is 38.7 Å². The number of thioether (sulfide) groups is 1. The molecule has 0 aromatic carbocycles. The minimum atomic E-state index is 0.841. The van der Waals surface area contributed by atoms with Crippen LogP contribution in [0.5, 0.6) is 0 Å². The zero-order valence-electron chi connectivity index (χ0n) is 9.44. The molecule has 0 unspecified atom stereocenters. The minimum absolute atomic E-state index is 0.841. The second kappa shape index (κ2) is 5.54. The Hall–Kier alpha value is -0.330. The number of hydrogen-bond donors (Lipinski definition) is 0. The van der Waals surface area contributed by atoms with Gasteiger partial charge in [0, 0.05) is 23.5 Å². The van der Waals surface area contributed by atoms with Crippen LogP contribution in [0.15, 0.2) is 32.3 Å². The lowest BCUT2D eigenvalue weighted by atomic mass is 10.4. The standard InChI is InChI=1S/C11H11Br2N3S/c1-7-10(13)9(16(2)15-7)6-17-11-8(12)4-3-5-14-11/h3-5H,6H2,1-2H3. The Morgan fingerprint density at radius 1 is 1.41 bits per heavy atom. The summed E-state index contributed by atoms with van der Waals surface area (Å²) in [5, 5.41) is 5.37. The molecular weight excluding hydrogens is 366 g/mol. The smallest absolute Gasteiger partial charge is 0.111 e. The molecule has 6 heteroatoms. The normalized spacial score (nSPS) is 10.8. The van der Waals surface area contributed by atoms with Crippen LogP contribution in [0.1, 0.15) is 11.4 Å². The molecule has 0 aliphatic carbocycles. The largest absolute Gasteiger partial charge is 0.270 e. The van der Waals surface area contributed by atoms with Crippen LogP contribution in [-0.4, -0.2) is 14.8 Å². The lowest BCUT2D eigenvalue weighted by Crippen LogP contribution is -1.97. The number of nitrogens with zero attached hydrogens (tertiary/aromatic N) is 3. The van der Waals surface area contributed by atoms with E-state index < -0.39 is 0 Å². The van der Waals surface area contributed by atoms with Crippen LogP contribution < -0.4 is 0 Å². The molecule has 2 aromatic heterocycles. The SMILES string of the molecule is Cc1nn(C)c(CSc2ncccc2Br)c1Br. The highest BCUT2D eigenvalue weighted by atomic mass is 79.9. The number of hydrogen-bond acceptors (Lipinski definition) is 3. The van der Waals surface area contributed by atoms with Crippen molar-refractivity contribution in [1.29, 1.82) is 0 Å². The second-order valence-electron chi connectivity index (χ2n) is 3.55. The van der Waals surface area contributed by atoms with Gasteiger partial charge >= 0.3 is 0 Å². The molecule has 0 fully saturated rings. The Labute approximate surface area is 121 Å². The predicted octanol–water partition coefficient (Wildman–Crippen LogP) is 3.94. The molecule has 0 atom stereocenters. The maximum Gasteiger partial charge on any atom is 0.111 e. The van der Waals surface area contributed by atoms with Crippen LogP contribution in [0.4, 0.5) is 0 Å². The highest BCUT2D eigenvalue weighted by Crippen LogP contribution is 2.30. The van der Waals surface area contributed by atoms with E-state index in [0.29, 0.717) is 0 Å². The van der Waals surface area contributed by atoms with Gasteiger partial charge < -0.3 is 0 Å². The molecule has 0 spiro atoms. The summed E-state index contributed by atoms with van der Waals surface area (Å²) < 4.78 is 4.02. The van der Waals surface area contributed by atoms with E-state index in [9.17, 15) is 0 Å². The van der Waals surface area contributed by atoms with E-state index in [2.05, 4.69) is 41.9 Å². The van der Waals surface area contributed by atoms with Gasteiger partial charge in [0.2, 0.25) is 0 Å². The molecule has 0 amide bonds. The maximum atomic E-state index is 4.37. The number of aryl methyl sites for hydroxylation is 2. The third-order valence-electron chi connectivity index (χ3n) is 2.33. The van der Waals surface area contributed by atoms with Gasteiger partial charge in [-0.25, -0.2) is 4.98 Å². The highest BCUT2D eigenvalue weighted by molar-refractivity contribution is 9.10. The van der Waals surface area contributed by atoms with Crippen molar-refractivity contribution in [2.75, 3.05) is 0 Å². The van der Waals surface area contributed by atoms with Gasteiger partial charge in [-0.15, -0.1) is 0 Å². The molecule has 0 radical (unpaired) electrons. The van der Waals surface area contributed by atoms with Crippen LogP contribution >= 0.6 is 43.6 Å². The summed E-state index contributed by atoms with van der Waals surface area (Å²) in [7, 11) is 1.96. The lowest BCUT2D eigenvalue weighted by molar-refractivity contribution is 0.727. The summed E-state index contributed by atoms with van der Waals surface area (Å²) in [6.07, 6.45) is 1.80. The average Bonchev–Trinajstić information content (AvgIpc) is 2.53. The van der Waals surface area contributed by atoms with Gasteiger partial charge in [0.15, 0.2) is 0 Å². The van der Waals surface area contributed by atoms with E-state index in [1.54, 1.807) is 18.0 Å². The lowest BCUT2D eigenvalue weighted by Gasteiger charge is -2.04. The van der Waals surface area contributed by atoms with E-state index in [1.165, 1.54) is 5.69 Å². The first-order chi connectivity index (χ1) is 8.09. The minimum Gasteiger partial charge on any atom is -0.270 e. The van der Waals surface area contributed by atoms with Gasteiger partial charge in [0.1, 0.15) is 5.03 Å². The molecule has 0 aliphatic heterocycles. The molecule has 90 valence electrons. The molecule has 0 saturated carbocycles. The Morgan fingerprint density at radius 3 is 2.76 bits per heavy atom. The van der Waals surface area contributed by atoms with Crippen molar-refractivity contribution in [3.8, 4) is 0 Å². The van der Waals surface area contributed by atoms with Crippen molar-refractivity contribution in [2.45, 2.75) is 17.7 Å². The average molecular weight is 377 g/mol. The molecular formula is C11H11Br2N3S. The first-order valence-electron chi connectivity index (χ1n) is 5.01. The number of pyridine rings is 1. The van der Waals surface area contributed by atoms with E-state index in [0.717, 1.165) is 25.4 Å². The molecule has 0 aliphatic rings. The quantitative estimate of drug-likeness (QED) is 0.760. The van der Waals surface area contributed by atoms with Gasteiger partial charge in [-0.2, -0.15) is 5.10 Å². The second-order valence-corrected chi connectivity index (χ2v) is 6.16. The van der Waals surface area contributed by atoms with Crippen LogP contribution in [0, 0.1) is 6.92 Å². The van der Waals surface area contributed by atoms with Crippen LogP contribution in [0.3, 0.4) is 0 Å². The maximum absolute atomic E-state index is 4.37. The Balaban J connectivity index is 2.15. The Kier molecular flexibility index (Phi) is 4.27. The molecule has 0 bridgehead atoms. The number of rotatable bonds is 3. The molecule has 2 heterocycles. The van der Waals surface area contributed by atoms with Gasteiger partial charge in [0.25, 0.3) is 0 Å². The van der Waals surface area contributed by atoms with Gasteiger partial charge in [0.05, 0.1) is 15.9 Å². The van der Waals surface area contributed by atoms with Crippen molar-refractivity contribution < 1.29 is 0 Å². The van der Waals surface area contributed by atoms with E-state index >= 15 is 0 Å². The van der Waals surface area contributed by atoms with Gasteiger partial charge in [-0.3, -0.25) is 4.68 Å². The monoisotopic (exact) mass is 375 g/mol. The van der Waals surface area contributed by atoms with E-state index in [4.69, 9.17) is 0 Å². The zero-order valence-corrected chi connectivity index (χ0v) is 13.4. The topological polar surface area (TPSA) is 30.7 Å². The molecule has 17 heavy (non-hydrogen) atoms. The number of aromatic nitrogens is 3. The van der Waals surface area contributed by atoms with Crippen LogP contribution in [-0.2, 0) is 12.8 Å². The predicted molar refractivity (Wildman–Crippen MR) is 77.1 cm³/mol. The fourth-order valence-corrected chi connectivity index (χ4v) is 3.66. The summed E-state index contributed by atoms with van der Waals surface area (Å²) >= 11 is 8.75. The molecule has 3 nitrogen and oxygen atoms in total. The number of halogens is 2. The summed E-state index contributed by atoms with van der Waals surface area (Å²) in [6.45, 7) is 1.99. The Morgan fingerprint density at radius 2 is 2.18 bits per heavy atom. The fourth-order valence-electron chi connectivity index (χ4n) is 1.45. The first-order valence-corrected chi connectivity index (χ1v) is 7.58. The van der Waals surface area contributed by atoms with Crippen molar-refractivity contribution in [3.63, 3.8) is 0 Å². The summed E-state index contributed by atoms with van der Waals surface area (Å²) in [4.78, 5) is 4.33. The van der Waals surface area contributed by atoms with Gasteiger partial charge in [-0.05, 0) is 50.9 Å². The molecule has 0 N–H and O–H groups in total. The fraction of sp³-hybridized carbons (Fsp3) is 0.273. The molecule has 0 saturated heterocycles. The Bertz CT molecular complexity index is 540. The third kappa shape index (κ3) is 2.92. The third-order valence-corrected chi connectivity index (χ3v) is 5.28. The van der Waals surface area contributed by atoms with Gasteiger partial charge in [-0.1, -0.05) is 11.8 Å². The van der Waals surface area contributed by atoms with Crippen LogP contribution in [0.25, 0.3) is 0 Å². The van der Waals surface area contributed by atoms with Crippen LogP contribution in [0.2, 0.25) is 0 Å². The summed E-state index contributed by atoms with van der Waals surface area (Å²) in [5.74, 6) is 0.841. The summed E-state index contributed by atoms with van der Waals surface area (Å²) in [6, 6.07) is 3.91. The first kappa shape index (κ1) is 13.1. The zero-order chi connectivity index (χ0) is 12.4. The van der Waals surface area contributed by atoms with Crippen molar-refractivity contribution >= 4 is 43.6 Å². The van der Waals surface area contributed by atoms with Crippen molar-refractivity contribution in [2.24, 2.45) is 7.05 Å². The van der Waals surface area contributed by atoms with E-state index in [-0.39, 0.29) is 0 Å².